The van der Waals surface area contributed by atoms with Gasteiger partial charge in [-0.2, -0.15) is 11.3 Å². The first kappa shape index (κ1) is 46.4. The Balaban J connectivity index is 0.000000285. The molecule has 70 heavy (non-hydrogen) atoms. The second kappa shape index (κ2) is 19.9. The summed E-state index contributed by atoms with van der Waals surface area (Å²) in [6.07, 6.45) is 2.02. The zero-order valence-corrected chi connectivity index (χ0v) is 43.0. The molecule has 0 bridgehead atoms. The number of rotatable bonds is 8. The maximum Gasteiger partial charge on any atom is 0.131 e. The van der Waals surface area contributed by atoms with Crippen LogP contribution in [0.3, 0.4) is 0 Å². The van der Waals surface area contributed by atoms with Gasteiger partial charge in [-0.25, -0.2) is 4.39 Å². The quantitative estimate of drug-likeness (QED) is 0.112. The summed E-state index contributed by atoms with van der Waals surface area (Å²) in [4.78, 5) is 9.94. The van der Waals surface area contributed by atoms with E-state index in [4.69, 9.17) is 4.98 Å². The van der Waals surface area contributed by atoms with Crippen molar-refractivity contribution >= 4 is 55.8 Å². The minimum Gasteiger partial charge on any atom is -0.332 e. The van der Waals surface area contributed by atoms with E-state index in [9.17, 15) is 0 Å². The largest absolute Gasteiger partial charge is 0.332 e. The molecule has 3 aromatic heterocycles. The fourth-order valence-electron chi connectivity index (χ4n) is 9.15. The molecule has 0 fully saturated rings. The van der Waals surface area contributed by atoms with Gasteiger partial charge in [0.1, 0.15) is 5.82 Å². The van der Waals surface area contributed by atoms with Crippen molar-refractivity contribution in [1.82, 2.24) is 14.5 Å². The average molecular weight is 1120 g/mol. The summed E-state index contributed by atoms with van der Waals surface area (Å²) in [5.74, 6) is 0.587. The molecule has 0 atom stereocenters. The number of benzene rings is 9. The van der Waals surface area contributed by atoms with Crippen molar-refractivity contribution in [2.24, 2.45) is 0 Å². The number of thiophene rings is 1. The number of imidazole rings is 1. The molecule has 0 aliphatic rings. The number of halogens is 1. The predicted molar refractivity (Wildman–Crippen MR) is 291 cm³/mol. The maximum absolute atomic E-state index is 15.1. The molecule has 7 heteroatoms. The minimum absolute atomic E-state index is 0. The standard InChI is InChI=1S/C49H30FN2S.C14H16NSi.Ir/c50-42-24-11-10-21-36(42)35-27-28-40-45(31-35)53-48-41(30-29-37(46(40)48)32-15-4-1-5-16-32)49-51-43-25-12-13-26-44(43)52(49)47-38(33-17-6-2-7-18-33)22-14-23-39(47)34-19-8-3-9-20-34;1-16(2,3)13-9-10-14(15-11-13)12-7-5-4-6-8-12;/h1-29,31H;4-7,9-11H,1-3H3;/q2*-1;. The van der Waals surface area contributed by atoms with E-state index >= 15 is 4.39 Å². The number of hydrogen-bond donors (Lipinski definition) is 0. The molecular weight excluding hydrogens is 1070 g/mol. The third-order valence-corrected chi connectivity index (χ3v) is 15.8. The van der Waals surface area contributed by atoms with Crippen molar-refractivity contribution in [1.29, 1.82) is 0 Å². The Hall–Kier alpha value is -7.38. The Morgan fingerprint density at radius 3 is 1.80 bits per heavy atom. The molecule has 1 radical (unpaired) electrons. The zero-order chi connectivity index (χ0) is 46.9. The number of pyridine rings is 1. The van der Waals surface area contributed by atoms with E-state index < -0.39 is 8.07 Å². The molecule has 0 saturated carbocycles. The summed E-state index contributed by atoms with van der Waals surface area (Å²) in [5, 5.41) is 3.66. The van der Waals surface area contributed by atoms with Crippen molar-refractivity contribution in [3.05, 3.63) is 243 Å². The van der Waals surface area contributed by atoms with E-state index in [2.05, 4.69) is 193 Å². The molecule has 0 N–H and O–H groups in total. The first-order chi connectivity index (χ1) is 33.8. The van der Waals surface area contributed by atoms with Crippen LogP contribution >= 0.6 is 11.3 Å². The Morgan fingerprint density at radius 1 is 0.557 bits per heavy atom. The normalized spacial score (nSPS) is 11.3. The van der Waals surface area contributed by atoms with Crippen LogP contribution in [0.25, 0.3) is 104 Å². The Kier molecular flexibility index (Phi) is 13.2. The van der Waals surface area contributed by atoms with Crippen molar-refractivity contribution in [3.63, 3.8) is 0 Å². The van der Waals surface area contributed by atoms with Gasteiger partial charge in [0, 0.05) is 47.7 Å². The van der Waals surface area contributed by atoms with Crippen LogP contribution in [0, 0.1) is 17.9 Å². The van der Waals surface area contributed by atoms with Crippen LogP contribution in [0.1, 0.15) is 0 Å². The van der Waals surface area contributed by atoms with Crippen molar-refractivity contribution in [2.45, 2.75) is 19.6 Å². The van der Waals surface area contributed by atoms with Crippen LogP contribution in [0.5, 0.6) is 0 Å². The Bertz CT molecular complexity index is 3700. The summed E-state index contributed by atoms with van der Waals surface area (Å²) in [5.41, 5.74) is 14.1. The van der Waals surface area contributed by atoms with Gasteiger partial charge in [0.25, 0.3) is 0 Å². The molecule has 0 amide bonds. The van der Waals surface area contributed by atoms with Crippen LogP contribution in [0.4, 0.5) is 4.39 Å². The third kappa shape index (κ3) is 9.01. The topological polar surface area (TPSA) is 30.7 Å². The van der Waals surface area contributed by atoms with Gasteiger partial charge in [0.15, 0.2) is 0 Å². The van der Waals surface area contributed by atoms with Gasteiger partial charge in [0.05, 0.1) is 30.6 Å². The van der Waals surface area contributed by atoms with Crippen LogP contribution in [-0.4, -0.2) is 22.6 Å². The Morgan fingerprint density at radius 2 is 1.17 bits per heavy atom. The fraction of sp³-hybridized carbons (Fsp3) is 0.0476. The van der Waals surface area contributed by atoms with E-state index in [1.54, 1.807) is 17.4 Å². The number of para-hydroxylation sites is 3. The van der Waals surface area contributed by atoms with E-state index in [1.807, 2.05) is 60.8 Å². The number of nitrogens with zero attached hydrogens (tertiary/aromatic N) is 3. The first-order valence-electron chi connectivity index (χ1n) is 23.2. The van der Waals surface area contributed by atoms with Gasteiger partial charge in [-0.05, 0) is 61.9 Å². The SMILES string of the molecule is C[Si](C)(C)c1ccc(-c2[c-]cccc2)nc1.Fc1ccccc1-c1ccc2c(c1)sc1c(-c3nc4ccccc4n3-c3c(-c4ccccc4)cccc3-c3ccccc3)[c-]cc(-c3ccccc3)c12.[Ir]. The summed E-state index contributed by atoms with van der Waals surface area (Å²) < 4.78 is 19.6. The summed E-state index contributed by atoms with van der Waals surface area (Å²) in [6, 6.07) is 81.2. The second-order valence-corrected chi connectivity index (χ2v) is 24.2. The van der Waals surface area contributed by atoms with Gasteiger partial charge >= 0.3 is 0 Å². The minimum atomic E-state index is -1.23. The molecule has 0 aliphatic carbocycles. The van der Waals surface area contributed by atoms with Crippen molar-refractivity contribution < 1.29 is 24.5 Å². The van der Waals surface area contributed by atoms with E-state index in [0.29, 0.717) is 5.56 Å². The molecule has 12 aromatic rings. The average Bonchev–Trinajstić information content (AvgIpc) is 3.98. The molecule has 0 aliphatic heterocycles. The number of aromatic nitrogens is 3. The number of fused-ring (bicyclic) bond motifs is 4. The van der Waals surface area contributed by atoms with Crippen LogP contribution < -0.4 is 5.19 Å². The number of hydrogen-bond acceptors (Lipinski definition) is 3. The molecule has 0 saturated heterocycles. The van der Waals surface area contributed by atoms with E-state index in [0.717, 1.165) is 98.5 Å². The first-order valence-corrected chi connectivity index (χ1v) is 27.5. The molecule has 341 valence electrons. The van der Waals surface area contributed by atoms with Crippen molar-refractivity contribution in [2.75, 3.05) is 0 Å². The molecule has 3 nitrogen and oxygen atoms in total. The molecule has 12 rings (SSSR count). The second-order valence-electron chi connectivity index (χ2n) is 18.1. The van der Waals surface area contributed by atoms with Gasteiger partial charge in [-0.15, -0.1) is 48.0 Å². The van der Waals surface area contributed by atoms with Gasteiger partial charge < -0.3 is 9.55 Å². The van der Waals surface area contributed by atoms with Gasteiger partial charge in [0.2, 0.25) is 0 Å². The predicted octanol–water partition coefficient (Wildman–Crippen LogP) is 16.8. The monoisotopic (exact) mass is 1120 g/mol. The molecular formula is C63H46FIrN3SSi-2. The molecule has 0 spiro atoms. The van der Waals surface area contributed by atoms with E-state index in [1.165, 1.54) is 11.3 Å². The third-order valence-electron chi connectivity index (χ3n) is 12.6. The van der Waals surface area contributed by atoms with Gasteiger partial charge in [-0.1, -0.05) is 206 Å². The summed E-state index contributed by atoms with van der Waals surface area (Å²) >= 11 is 1.71. The fourth-order valence-corrected chi connectivity index (χ4v) is 11.4. The van der Waals surface area contributed by atoms with Crippen LogP contribution in [0.15, 0.2) is 225 Å². The Labute approximate surface area is 427 Å². The smallest absolute Gasteiger partial charge is 0.131 e. The maximum atomic E-state index is 15.1. The summed E-state index contributed by atoms with van der Waals surface area (Å²) in [7, 11) is -1.23. The van der Waals surface area contributed by atoms with Crippen molar-refractivity contribution in [3.8, 4) is 72.8 Å². The van der Waals surface area contributed by atoms with Gasteiger partial charge in [-0.3, -0.25) is 4.98 Å². The van der Waals surface area contributed by atoms with E-state index in [-0.39, 0.29) is 25.9 Å². The molecule has 3 heterocycles. The molecule has 0 unspecified atom stereocenters. The van der Waals surface area contributed by atoms with Crippen LogP contribution in [0.2, 0.25) is 19.6 Å². The zero-order valence-electron chi connectivity index (χ0n) is 38.8. The van der Waals surface area contributed by atoms with Crippen LogP contribution in [-0.2, 0) is 20.1 Å². The molecule has 9 aromatic carbocycles. The summed E-state index contributed by atoms with van der Waals surface area (Å²) in [6.45, 7) is 7.00.